The first-order valence-corrected chi connectivity index (χ1v) is 10.2. The number of carbonyl (C=O) groups is 3. The molecular formula is C25H23N3O5. The van der Waals surface area contributed by atoms with Crippen molar-refractivity contribution in [2.75, 3.05) is 11.9 Å². The van der Waals surface area contributed by atoms with E-state index in [2.05, 4.69) is 15.8 Å². The Morgan fingerprint density at radius 2 is 1.55 bits per heavy atom. The number of carbonyl (C=O) groups excluding carboxylic acids is 3. The number of esters is 1. The van der Waals surface area contributed by atoms with Gasteiger partial charge in [0.05, 0.1) is 18.4 Å². The predicted molar refractivity (Wildman–Crippen MR) is 125 cm³/mol. The molecule has 3 rings (SSSR count). The van der Waals surface area contributed by atoms with Crippen LogP contribution in [0.15, 0.2) is 77.9 Å². The second-order valence-electron chi connectivity index (χ2n) is 6.88. The standard InChI is InChI=1S/C25H23N3O5/c1-3-32-20-14-10-19(11-15-20)27-23(29)24(30)28-26-16-18-8-12-21(13-9-18)33-25(31)22-7-5-4-6-17(22)2/h4-16H,3H2,1-2H3,(H,27,29)(H,28,30)/b26-16+. The van der Waals surface area contributed by atoms with Crippen LogP contribution in [-0.2, 0) is 9.59 Å². The summed E-state index contributed by atoms with van der Waals surface area (Å²) in [4.78, 5) is 36.2. The van der Waals surface area contributed by atoms with Crippen molar-refractivity contribution >= 4 is 29.7 Å². The van der Waals surface area contributed by atoms with E-state index in [1.54, 1.807) is 60.7 Å². The van der Waals surface area contributed by atoms with Gasteiger partial charge in [0.15, 0.2) is 0 Å². The summed E-state index contributed by atoms with van der Waals surface area (Å²) in [5.74, 6) is -1.17. The molecule has 0 spiro atoms. The van der Waals surface area contributed by atoms with Crippen molar-refractivity contribution in [3.05, 3.63) is 89.5 Å². The Bertz CT molecular complexity index is 1160. The Morgan fingerprint density at radius 3 is 2.21 bits per heavy atom. The van der Waals surface area contributed by atoms with E-state index in [0.717, 1.165) is 5.56 Å². The third-order valence-electron chi connectivity index (χ3n) is 4.46. The summed E-state index contributed by atoms with van der Waals surface area (Å²) in [6, 6.07) is 20.4. The number of hydrogen-bond donors (Lipinski definition) is 2. The summed E-state index contributed by atoms with van der Waals surface area (Å²) in [6.45, 7) is 4.24. The van der Waals surface area contributed by atoms with Crippen molar-refractivity contribution in [3.8, 4) is 11.5 Å². The van der Waals surface area contributed by atoms with Gasteiger partial charge in [-0.15, -0.1) is 0 Å². The highest BCUT2D eigenvalue weighted by molar-refractivity contribution is 6.39. The molecule has 0 aliphatic heterocycles. The molecular weight excluding hydrogens is 422 g/mol. The van der Waals surface area contributed by atoms with Gasteiger partial charge < -0.3 is 14.8 Å². The number of anilines is 1. The third-order valence-corrected chi connectivity index (χ3v) is 4.46. The molecule has 0 saturated carbocycles. The number of rotatable bonds is 7. The zero-order valence-electron chi connectivity index (χ0n) is 18.2. The number of hydrazone groups is 1. The zero-order valence-corrected chi connectivity index (χ0v) is 18.2. The SMILES string of the molecule is CCOc1ccc(NC(=O)C(=O)N/N=C/c2ccc(OC(=O)c3ccccc3C)cc2)cc1. The van der Waals surface area contributed by atoms with Crippen LogP contribution in [0.3, 0.4) is 0 Å². The predicted octanol–water partition coefficient (Wildman–Crippen LogP) is 3.70. The van der Waals surface area contributed by atoms with Gasteiger partial charge in [0.1, 0.15) is 11.5 Å². The molecule has 8 nitrogen and oxygen atoms in total. The van der Waals surface area contributed by atoms with E-state index in [0.29, 0.717) is 34.9 Å². The van der Waals surface area contributed by atoms with Crippen molar-refractivity contribution in [2.24, 2.45) is 5.10 Å². The van der Waals surface area contributed by atoms with E-state index in [4.69, 9.17) is 9.47 Å². The van der Waals surface area contributed by atoms with E-state index >= 15 is 0 Å². The van der Waals surface area contributed by atoms with Gasteiger partial charge in [-0.1, -0.05) is 18.2 Å². The van der Waals surface area contributed by atoms with Crippen LogP contribution in [0.4, 0.5) is 5.69 Å². The van der Waals surface area contributed by atoms with E-state index < -0.39 is 17.8 Å². The lowest BCUT2D eigenvalue weighted by Gasteiger charge is -2.07. The highest BCUT2D eigenvalue weighted by atomic mass is 16.5. The van der Waals surface area contributed by atoms with Gasteiger partial charge >= 0.3 is 17.8 Å². The van der Waals surface area contributed by atoms with E-state index in [1.807, 2.05) is 26.0 Å². The maximum Gasteiger partial charge on any atom is 0.343 e. The molecule has 0 fully saturated rings. The highest BCUT2D eigenvalue weighted by Crippen LogP contribution is 2.16. The van der Waals surface area contributed by atoms with Gasteiger partial charge in [0, 0.05) is 5.69 Å². The van der Waals surface area contributed by atoms with Crippen LogP contribution in [-0.4, -0.2) is 30.6 Å². The van der Waals surface area contributed by atoms with Gasteiger partial charge in [0.2, 0.25) is 0 Å². The lowest BCUT2D eigenvalue weighted by molar-refractivity contribution is -0.136. The number of nitrogens with one attached hydrogen (secondary N) is 2. The zero-order chi connectivity index (χ0) is 23.6. The van der Waals surface area contributed by atoms with Gasteiger partial charge in [-0.3, -0.25) is 9.59 Å². The fraction of sp³-hybridized carbons (Fsp3) is 0.120. The number of amides is 2. The average molecular weight is 445 g/mol. The fourth-order valence-corrected chi connectivity index (χ4v) is 2.79. The van der Waals surface area contributed by atoms with Crippen molar-refractivity contribution in [3.63, 3.8) is 0 Å². The largest absolute Gasteiger partial charge is 0.494 e. The van der Waals surface area contributed by atoms with Crippen LogP contribution in [0, 0.1) is 6.92 Å². The third kappa shape index (κ3) is 6.76. The minimum absolute atomic E-state index is 0.374. The van der Waals surface area contributed by atoms with E-state index in [9.17, 15) is 14.4 Å². The fourth-order valence-electron chi connectivity index (χ4n) is 2.79. The molecule has 0 saturated heterocycles. The Kier molecular flexibility index (Phi) is 7.91. The lowest BCUT2D eigenvalue weighted by atomic mass is 10.1. The smallest absolute Gasteiger partial charge is 0.343 e. The molecule has 0 bridgehead atoms. The van der Waals surface area contributed by atoms with Gasteiger partial charge in [0.25, 0.3) is 0 Å². The van der Waals surface area contributed by atoms with Crippen molar-refractivity contribution in [1.29, 1.82) is 0 Å². The first kappa shape index (κ1) is 23.2. The Labute approximate surface area is 191 Å². The summed E-state index contributed by atoms with van der Waals surface area (Å²) in [5, 5.41) is 6.25. The highest BCUT2D eigenvalue weighted by Gasteiger charge is 2.13. The van der Waals surface area contributed by atoms with Crippen LogP contribution >= 0.6 is 0 Å². The first-order valence-electron chi connectivity index (χ1n) is 10.2. The van der Waals surface area contributed by atoms with Crippen molar-refractivity contribution in [2.45, 2.75) is 13.8 Å². The number of ether oxygens (including phenoxy) is 2. The quantitative estimate of drug-likeness (QED) is 0.190. The maximum absolute atomic E-state index is 12.3. The molecule has 0 aliphatic rings. The molecule has 0 heterocycles. The minimum atomic E-state index is -0.913. The number of hydrogen-bond acceptors (Lipinski definition) is 6. The molecule has 3 aromatic carbocycles. The molecule has 0 unspecified atom stereocenters. The molecule has 0 aromatic heterocycles. The monoisotopic (exact) mass is 445 g/mol. The minimum Gasteiger partial charge on any atom is -0.494 e. The number of aryl methyl sites for hydroxylation is 1. The van der Waals surface area contributed by atoms with Crippen molar-refractivity contribution < 1.29 is 23.9 Å². The molecule has 168 valence electrons. The molecule has 0 aliphatic carbocycles. The van der Waals surface area contributed by atoms with Crippen molar-refractivity contribution in [1.82, 2.24) is 5.43 Å². The second-order valence-corrected chi connectivity index (χ2v) is 6.88. The second kappa shape index (κ2) is 11.2. The summed E-state index contributed by atoms with van der Waals surface area (Å²) in [5.41, 5.74) is 4.58. The topological polar surface area (TPSA) is 106 Å². The summed E-state index contributed by atoms with van der Waals surface area (Å²) in [6.07, 6.45) is 1.37. The summed E-state index contributed by atoms with van der Waals surface area (Å²) in [7, 11) is 0. The summed E-state index contributed by atoms with van der Waals surface area (Å²) < 4.78 is 10.7. The molecule has 0 atom stereocenters. The molecule has 2 N–H and O–H groups in total. The normalized spacial score (nSPS) is 10.5. The Hall–Kier alpha value is -4.46. The number of nitrogens with zero attached hydrogens (tertiary/aromatic N) is 1. The lowest BCUT2D eigenvalue weighted by Crippen LogP contribution is -2.32. The molecule has 3 aromatic rings. The van der Waals surface area contributed by atoms with Crippen LogP contribution in [0.2, 0.25) is 0 Å². The van der Waals surface area contributed by atoms with Crippen LogP contribution in [0.5, 0.6) is 11.5 Å². The molecule has 0 radical (unpaired) electrons. The van der Waals surface area contributed by atoms with Gasteiger partial charge in [-0.25, -0.2) is 10.2 Å². The number of benzene rings is 3. The first-order chi connectivity index (χ1) is 16.0. The summed E-state index contributed by atoms with van der Waals surface area (Å²) >= 11 is 0. The maximum atomic E-state index is 12.3. The Morgan fingerprint density at radius 1 is 0.879 bits per heavy atom. The van der Waals surface area contributed by atoms with Crippen LogP contribution < -0.4 is 20.2 Å². The molecule has 2 amide bonds. The molecule has 33 heavy (non-hydrogen) atoms. The van der Waals surface area contributed by atoms with E-state index in [-0.39, 0.29) is 0 Å². The van der Waals surface area contributed by atoms with Gasteiger partial charge in [-0.05, 0) is 79.6 Å². The average Bonchev–Trinajstić information content (AvgIpc) is 2.81. The molecule has 8 heteroatoms. The van der Waals surface area contributed by atoms with Gasteiger partial charge in [-0.2, -0.15) is 5.10 Å². The van der Waals surface area contributed by atoms with Crippen LogP contribution in [0.25, 0.3) is 0 Å². The Balaban J connectivity index is 1.49. The van der Waals surface area contributed by atoms with E-state index in [1.165, 1.54) is 6.21 Å². The van der Waals surface area contributed by atoms with Crippen LogP contribution in [0.1, 0.15) is 28.4 Å².